The molecule has 1 aromatic heterocycles. The third-order valence-electron chi connectivity index (χ3n) is 4.49. The zero-order valence-electron chi connectivity index (χ0n) is 14.7. The second-order valence-corrected chi connectivity index (χ2v) is 6.04. The van der Waals surface area contributed by atoms with Crippen LogP contribution in [0.3, 0.4) is 0 Å². The maximum absolute atomic E-state index is 11.5. The molecular weight excluding hydrogens is 316 g/mol. The van der Waals surface area contributed by atoms with Gasteiger partial charge in [-0.05, 0) is 23.8 Å². The Hall–Kier alpha value is -2.76. The fraction of sp³-hybridized carbons (Fsp3) is 0.368. The van der Waals surface area contributed by atoms with Gasteiger partial charge in [-0.25, -0.2) is 4.98 Å². The molecule has 0 atom stereocenters. The van der Waals surface area contributed by atoms with Gasteiger partial charge in [-0.3, -0.25) is 4.79 Å². The number of amides is 1. The summed E-state index contributed by atoms with van der Waals surface area (Å²) in [5.41, 5.74) is 3.30. The third kappa shape index (κ3) is 4.02. The molecule has 0 unspecified atom stereocenters. The number of anilines is 2. The van der Waals surface area contributed by atoms with Crippen molar-refractivity contribution in [1.29, 1.82) is 0 Å². The van der Waals surface area contributed by atoms with Crippen LogP contribution in [0.1, 0.15) is 12.5 Å². The van der Waals surface area contributed by atoms with Crippen molar-refractivity contribution in [2.75, 3.05) is 43.5 Å². The van der Waals surface area contributed by atoms with Crippen LogP contribution in [0.15, 0.2) is 42.6 Å². The molecular formula is C19H24N4O2. The van der Waals surface area contributed by atoms with Crippen LogP contribution in [0, 0.1) is 0 Å². The summed E-state index contributed by atoms with van der Waals surface area (Å²) in [6.45, 7) is 5.57. The van der Waals surface area contributed by atoms with Crippen molar-refractivity contribution in [2.24, 2.45) is 0 Å². The average Bonchev–Trinajstić information content (AvgIpc) is 2.67. The number of methoxy groups -OCH3 is 1. The van der Waals surface area contributed by atoms with E-state index in [-0.39, 0.29) is 5.91 Å². The third-order valence-corrected chi connectivity index (χ3v) is 4.49. The Morgan fingerprint density at radius 2 is 1.92 bits per heavy atom. The maximum atomic E-state index is 11.5. The second-order valence-electron chi connectivity index (χ2n) is 6.04. The molecule has 2 heterocycles. The topological polar surface area (TPSA) is 57.7 Å². The first-order chi connectivity index (χ1) is 12.2. The van der Waals surface area contributed by atoms with E-state index < -0.39 is 0 Å². The molecule has 0 aliphatic carbocycles. The molecule has 1 N–H and O–H groups in total. The monoisotopic (exact) mass is 340 g/mol. The number of carbonyl (C=O) groups is 1. The summed E-state index contributed by atoms with van der Waals surface area (Å²) in [6.07, 6.45) is 1.71. The van der Waals surface area contributed by atoms with Gasteiger partial charge in [0.05, 0.1) is 12.8 Å². The van der Waals surface area contributed by atoms with E-state index in [9.17, 15) is 4.79 Å². The summed E-state index contributed by atoms with van der Waals surface area (Å²) in [5.74, 6) is 0.744. The first-order valence-electron chi connectivity index (χ1n) is 8.50. The summed E-state index contributed by atoms with van der Waals surface area (Å²) in [7, 11) is 1.62. The summed E-state index contributed by atoms with van der Waals surface area (Å²) in [6, 6.07) is 12.2. The first-order valence-corrected chi connectivity index (χ1v) is 8.50. The van der Waals surface area contributed by atoms with Gasteiger partial charge in [-0.2, -0.15) is 0 Å². The van der Waals surface area contributed by atoms with Crippen LogP contribution >= 0.6 is 0 Å². The smallest absolute Gasteiger partial charge is 0.237 e. The van der Waals surface area contributed by atoms with Crippen LogP contribution in [0.2, 0.25) is 0 Å². The Morgan fingerprint density at radius 3 is 2.64 bits per heavy atom. The van der Waals surface area contributed by atoms with Crippen LogP contribution in [0.5, 0.6) is 5.88 Å². The Kier molecular flexibility index (Phi) is 5.38. The van der Waals surface area contributed by atoms with Crippen molar-refractivity contribution in [2.45, 2.75) is 13.5 Å². The lowest BCUT2D eigenvalue weighted by molar-refractivity contribution is -0.129. The molecule has 6 nitrogen and oxygen atoms in total. The fourth-order valence-electron chi connectivity index (χ4n) is 3.11. The summed E-state index contributed by atoms with van der Waals surface area (Å²) < 4.78 is 5.29. The lowest BCUT2D eigenvalue weighted by Crippen LogP contribution is -2.48. The van der Waals surface area contributed by atoms with E-state index in [0.29, 0.717) is 12.4 Å². The normalized spacial score (nSPS) is 14.3. The van der Waals surface area contributed by atoms with Gasteiger partial charge in [-0.1, -0.05) is 18.2 Å². The van der Waals surface area contributed by atoms with E-state index in [4.69, 9.17) is 4.74 Å². The van der Waals surface area contributed by atoms with Crippen LogP contribution in [0.4, 0.5) is 11.4 Å². The minimum absolute atomic E-state index is 0.151. The second kappa shape index (κ2) is 7.88. The van der Waals surface area contributed by atoms with Gasteiger partial charge in [0.2, 0.25) is 11.8 Å². The van der Waals surface area contributed by atoms with Crippen molar-refractivity contribution < 1.29 is 9.53 Å². The zero-order chi connectivity index (χ0) is 17.6. The number of hydrogen-bond donors (Lipinski definition) is 1. The molecule has 0 bridgehead atoms. The molecule has 1 fully saturated rings. The number of pyridine rings is 1. The Bertz CT molecular complexity index is 727. The van der Waals surface area contributed by atoms with Crippen LogP contribution in [-0.4, -0.2) is 49.1 Å². The SMILES string of the molecule is COc1ncccc1NCc1ccccc1N1CCN(C(C)=O)CC1. The van der Waals surface area contributed by atoms with Gasteiger partial charge in [0.15, 0.2) is 0 Å². The molecule has 3 rings (SSSR count). The van der Waals surface area contributed by atoms with Gasteiger partial charge in [-0.15, -0.1) is 0 Å². The molecule has 6 heteroatoms. The average molecular weight is 340 g/mol. The molecule has 1 amide bonds. The van der Waals surface area contributed by atoms with Gasteiger partial charge >= 0.3 is 0 Å². The molecule has 0 spiro atoms. The Balaban J connectivity index is 1.70. The molecule has 25 heavy (non-hydrogen) atoms. The lowest BCUT2D eigenvalue weighted by atomic mass is 10.1. The molecule has 1 aliphatic heterocycles. The fourth-order valence-corrected chi connectivity index (χ4v) is 3.11. The Morgan fingerprint density at radius 1 is 1.16 bits per heavy atom. The van der Waals surface area contributed by atoms with Gasteiger partial charge in [0.25, 0.3) is 0 Å². The van der Waals surface area contributed by atoms with Crippen molar-refractivity contribution in [3.63, 3.8) is 0 Å². The van der Waals surface area contributed by atoms with Crippen molar-refractivity contribution >= 4 is 17.3 Å². The van der Waals surface area contributed by atoms with E-state index >= 15 is 0 Å². The van der Waals surface area contributed by atoms with Crippen LogP contribution < -0.4 is 15.0 Å². The summed E-state index contributed by atoms with van der Waals surface area (Å²) >= 11 is 0. The maximum Gasteiger partial charge on any atom is 0.237 e. The molecule has 1 saturated heterocycles. The predicted molar refractivity (Wildman–Crippen MR) is 99.0 cm³/mol. The van der Waals surface area contributed by atoms with E-state index in [1.165, 1.54) is 11.3 Å². The zero-order valence-corrected chi connectivity index (χ0v) is 14.7. The van der Waals surface area contributed by atoms with Crippen molar-refractivity contribution in [3.05, 3.63) is 48.2 Å². The molecule has 0 radical (unpaired) electrons. The standard InChI is InChI=1S/C19H24N4O2/c1-15(24)22-10-12-23(13-11-22)18-8-4-3-6-16(18)14-21-17-7-5-9-20-19(17)25-2/h3-9,21H,10-14H2,1-2H3. The number of ether oxygens (including phenoxy) is 1. The number of piperazine rings is 1. The van der Waals surface area contributed by atoms with E-state index in [2.05, 4.69) is 33.4 Å². The number of nitrogens with one attached hydrogen (secondary N) is 1. The minimum atomic E-state index is 0.151. The van der Waals surface area contributed by atoms with Crippen LogP contribution in [0.25, 0.3) is 0 Å². The number of aromatic nitrogens is 1. The first kappa shape index (κ1) is 17.1. The highest BCUT2D eigenvalue weighted by molar-refractivity contribution is 5.73. The number of carbonyl (C=O) groups excluding carboxylic acids is 1. The lowest BCUT2D eigenvalue weighted by Gasteiger charge is -2.36. The van der Waals surface area contributed by atoms with E-state index in [1.807, 2.05) is 23.1 Å². The highest BCUT2D eigenvalue weighted by Gasteiger charge is 2.20. The quantitative estimate of drug-likeness (QED) is 0.906. The molecule has 132 valence electrons. The molecule has 1 aliphatic rings. The number of benzene rings is 1. The predicted octanol–water partition coefficient (Wildman–Crippen LogP) is 2.37. The van der Waals surface area contributed by atoms with Gasteiger partial charge < -0.3 is 19.9 Å². The van der Waals surface area contributed by atoms with Gasteiger partial charge in [0, 0.05) is 51.5 Å². The van der Waals surface area contributed by atoms with Crippen LogP contribution in [-0.2, 0) is 11.3 Å². The number of nitrogens with zero attached hydrogens (tertiary/aromatic N) is 3. The summed E-state index contributed by atoms with van der Waals surface area (Å²) in [5, 5.41) is 3.41. The number of rotatable bonds is 5. The van der Waals surface area contributed by atoms with E-state index in [1.54, 1.807) is 20.2 Å². The van der Waals surface area contributed by atoms with Crippen molar-refractivity contribution in [3.8, 4) is 5.88 Å². The number of hydrogen-bond acceptors (Lipinski definition) is 5. The molecule has 0 saturated carbocycles. The summed E-state index contributed by atoms with van der Waals surface area (Å²) in [4.78, 5) is 20.0. The van der Waals surface area contributed by atoms with Gasteiger partial charge in [0.1, 0.15) is 0 Å². The molecule has 1 aromatic carbocycles. The number of para-hydroxylation sites is 1. The van der Waals surface area contributed by atoms with E-state index in [0.717, 1.165) is 31.9 Å². The minimum Gasteiger partial charge on any atom is -0.480 e. The highest BCUT2D eigenvalue weighted by atomic mass is 16.5. The largest absolute Gasteiger partial charge is 0.480 e. The highest BCUT2D eigenvalue weighted by Crippen LogP contribution is 2.25. The molecule has 2 aromatic rings. The Labute approximate surface area is 148 Å². The van der Waals surface area contributed by atoms with Crippen molar-refractivity contribution in [1.82, 2.24) is 9.88 Å².